The minimum Gasteiger partial charge on any atom is -0.385 e. The highest BCUT2D eigenvalue weighted by atomic mass is 35.5. The van der Waals surface area contributed by atoms with Crippen LogP contribution < -0.4 is 0 Å². The molecule has 0 aliphatic heterocycles. The Morgan fingerprint density at radius 3 is 2.44 bits per heavy atom. The van der Waals surface area contributed by atoms with Crippen molar-refractivity contribution in [3.63, 3.8) is 0 Å². The van der Waals surface area contributed by atoms with E-state index in [9.17, 15) is 5.11 Å². The summed E-state index contributed by atoms with van der Waals surface area (Å²) < 4.78 is 0. The zero-order chi connectivity index (χ0) is 13.2. The molecule has 1 N–H and O–H groups in total. The lowest BCUT2D eigenvalue weighted by molar-refractivity contribution is 0.0576. The Morgan fingerprint density at radius 2 is 1.78 bits per heavy atom. The Labute approximate surface area is 117 Å². The van der Waals surface area contributed by atoms with Crippen molar-refractivity contribution < 1.29 is 5.11 Å². The van der Waals surface area contributed by atoms with Crippen LogP contribution in [-0.2, 0) is 12.0 Å². The number of halogens is 2. The van der Waals surface area contributed by atoms with Crippen molar-refractivity contribution in [3.8, 4) is 0 Å². The lowest BCUT2D eigenvalue weighted by atomic mass is 9.89. The quantitative estimate of drug-likeness (QED) is 0.881. The minimum absolute atomic E-state index is 0.451. The number of hydrogen-bond donors (Lipinski definition) is 1. The monoisotopic (exact) mass is 280 g/mol. The predicted molar refractivity (Wildman–Crippen MR) is 76.2 cm³/mol. The van der Waals surface area contributed by atoms with Gasteiger partial charge < -0.3 is 5.11 Å². The van der Waals surface area contributed by atoms with Crippen molar-refractivity contribution >= 4 is 23.2 Å². The van der Waals surface area contributed by atoms with Gasteiger partial charge in [-0.1, -0.05) is 53.5 Å². The third-order valence-corrected chi connectivity index (χ3v) is 3.54. The fourth-order valence-electron chi connectivity index (χ4n) is 1.94. The summed E-state index contributed by atoms with van der Waals surface area (Å²) in [5, 5.41) is 11.9. The number of rotatable bonds is 3. The van der Waals surface area contributed by atoms with E-state index in [1.165, 1.54) is 0 Å². The van der Waals surface area contributed by atoms with Gasteiger partial charge >= 0.3 is 0 Å². The molecule has 18 heavy (non-hydrogen) atoms. The third kappa shape index (κ3) is 3.05. The zero-order valence-electron chi connectivity index (χ0n) is 10.0. The van der Waals surface area contributed by atoms with Crippen molar-refractivity contribution in [2.24, 2.45) is 0 Å². The Morgan fingerprint density at radius 1 is 1.06 bits per heavy atom. The minimum atomic E-state index is -0.990. The molecule has 0 saturated heterocycles. The molecule has 1 unspecified atom stereocenters. The van der Waals surface area contributed by atoms with E-state index >= 15 is 0 Å². The molecular formula is C15H14Cl2O. The first-order valence-electron chi connectivity index (χ1n) is 5.71. The van der Waals surface area contributed by atoms with Gasteiger partial charge in [0.05, 0.1) is 5.60 Å². The Kier molecular flexibility index (Phi) is 3.96. The summed E-state index contributed by atoms with van der Waals surface area (Å²) in [6.45, 7) is 1.77. The molecule has 1 atom stereocenters. The van der Waals surface area contributed by atoms with Crippen molar-refractivity contribution in [2.45, 2.75) is 18.9 Å². The molecule has 0 heterocycles. The Balaban J connectivity index is 2.30. The van der Waals surface area contributed by atoms with Crippen molar-refractivity contribution in [1.82, 2.24) is 0 Å². The first-order valence-corrected chi connectivity index (χ1v) is 6.46. The zero-order valence-corrected chi connectivity index (χ0v) is 11.5. The lowest BCUT2D eigenvalue weighted by Gasteiger charge is -2.24. The number of hydrogen-bond acceptors (Lipinski definition) is 1. The summed E-state index contributed by atoms with van der Waals surface area (Å²) in [5.41, 5.74) is 0.717. The predicted octanol–water partition coefficient (Wildman–Crippen LogP) is 4.44. The maximum absolute atomic E-state index is 10.6. The maximum Gasteiger partial charge on any atom is 0.0909 e. The van der Waals surface area contributed by atoms with Crippen LogP contribution in [0.2, 0.25) is 10.0 Å². The van der Waals surface area contributed by atoms with E-state index in [0.29, 0.717) is 16.5 Å². The van der Waals surface area contributed by atoms with E-state index in [-0.39, 0.29) is 0 Å². The molecule has 0 aliphatic carbocycles. The molecule has 0 spiro atoms. The topological polar surface area (TPSA) is 20.2 Å². The van der Waals surface area contributed by atoms with Crippen LogP contribution in [0.5, 0.6) is 0 Å². The fourth-order valence-corrected chi connectivity index (χ4v) is 2.33. The molecule has 0 aliphatic rings. The first kappa shape index (κ1) is 13.4. The lowest BCUT2D eigenvalue weighted by Crippen LogP contribution is -2.24. The van der Waals surface area contributed by atoms with Gasteiger partial charge in [0.2, 0.25) is 0 Å². The molecule has 94 valence electrons. The second-order valence-electron chi connectivity index (χ2n) is 4.55. The van der Waals surface area contributed by atoms with E-state index in [1.54, 1.807) is 19.1 Å². The summed E-state index contributed by atoms with van der Waals surface area (Å²) in [6.07, 6.45) is 0.451. The molecule has 0 radical (unpaired) electrons. The van der Waals surface area contributed by atoms with Crippen LogP contribution >= 0.6 is 23.2 Å². The van der Waals surface area contributed by atoms with Gasteiger partial charge in [0.1, 0.15) is 0 Å². The summed E-state index contributed by atoms with van der Waals surface area (Å²) in [4.78, 5) is 0. The second kappa shape index (κ2) is 5.31. The smallest absolute Gasteiger partial charge is 0.0909 e. The molecule has 2 aromatic carbocycles. The van der Waals surface area contributed by atoms with Gasteiger partial charge in [0.25, 0.3) is 0 Å². The summed E-state index contributed by atoms with van der Waals surface area (Å²) in [5.74, 6) is 0. The van der Waals surface area contributed by atoms with Gasteiger partial charge in [-0.15, -0.1) is 0 Å². The highest BCUT2D eigenvalue weighted by Gasteiger charge is 2.24. The molecule has 0 fully saturated rings. The normalized spacial score (nSPS) is 14.2. The maximum atomic E-state index is 10.6. The van der Waals surface area contributed by atoms with Crippen LogP contribution in [0, 0.1) is 0 Å². The summed E-state index contributed by atoms with van der Waals surface area (Å²) in [7, 11) is 0. The highest BCUT2D eigenvalue weighted by Crippen LogP contribution is 2.29. The van der Waals surface area contributed by atoms with Crippen molar-refractivity contribution in [3.05, 3.63) is 69.7 Å². The highest BCUT2D eigenvalue weighted by molar-refractivity contribution is 6.31. The van der Waals surface area contributed by atoms with E-state index in [0.717, 1.165) is 11.1 Å². The molecule has 2 rings (SSSR count). The molecule has 0 amide bonds. The fraction of sp³-hybridized carbons (Fsp3) is 0.200. The molecule has 0 bridgehead atoms. The molecule has 2 aromatic rings. The standard InChI is InChI=1S/C15H14Cl2O/c1-15(18,12-6-4-7-13(16)9-12)10-11-5-2-3-8-14(11)17/h2-9,18H,10H2,1H3. The number of aliphatic hydroxyl groups is 1. The van der Waals surface area contributed by atoms with E-state index in [1.807, 2.05) is 36.4 Å². The molecule has 1 nitrogen and oxygen atoms in total. The van der Waals surface area contributed by atoms with Crippen LogP contribution in [0.15, 0.2) is 48.5 Å². The van der Waals surface area contributed by atoms with Crippen LogP contribution in [0.25, 0.3) is 0 Å². The first-order chi connectivity index (χ1) is 8.49. The Hall–Kier alpha value is -1.02. The van der Waals surface area contributed by atoms with Gasteiger partial charge in [-0.05, 0) is 36.2 Å². The van der Waals surface area contributed by atoms with Gasteiger partial charge in [0.15, 0.2) is 0 Å². The average Bonchev–Trinajstić information content (AvgIpc) is 2.32. The van der Waals surface area contributed by atoms with Gasteiger partial charge in [-0.3, -0.25) is 0 Å². The second-order valence-corrected chi connectivity index (χ2v) is 5.40. The third-order valence-electron chi connectivity index (χ3n) is 2.94. The average molecular weight is 281 g/mol. The Bertz CT molecular complexity index is 550. The van der Waals surface area contributed by atoms with E-state index < -0.39 is 5.60 Å². The molecule has 3 heteroatoms. The SMILES string of the molecule is CC(O)(Cc1ccccc1Cl)c1cccc(Cl)c1. The van der Waals surface area contributed by atoms with Crippen molar-refractivity contribution in [1.29, 1.82) is 0 Å². The van der Waals surface area contributed by atoms with Crippen LogP contribution in [-0.4, -0.2) is 5.11 Å². The molecular weight excluding hydrogens is 267 g/mol. The van der Waals surface area contributed by atoms with Crippen LogP contribution in [0.4, 0.5) is 0 Å². The summed E-state index contributed by atoms with van der Waals surface area (Å²) >= 11 is 12.1. The molecule has 0 aromatic heterocycles. The van der Waals surface area contributed by atoms with Gasteiger partial charge in [-0.2, -0.15) is 0 Å². The van der Waals surface area contributed by atoms with E-state index in [2.05, 4.69) is 0 Å². The van der Waals surface area contributed by atoms with Crippen LogP contribution in [0.1, 0.15) is 18.1 Å². The van der Waals surface area contributed by atoms with Gasteiger partial charge in [0, 0.05) is 16.5 Å². The molecule has 0 saturated carbocycles. The number of benzene rings is 2. The largest absolute Gasteiger partial charge is 0.385 e. The summed E-state index contributed by atoms with van der Waals surface area (Å²) in [6, 6.07) is 14.8. The van der Waals surface area contributed by atoms with E-state index in [4.69, 9.17) is 23.2 Å². The van der Waals surface area contributed by atoms with Crippen molar-refractivity contribution in [2.75, 3.05) is 0 Å². The van der Waals surface area contributed by atoms with Crippen LogP contribution in [0.3, 0.4) is 0 Å². The van der Waals surface area contributed by atoms with Gasteiger partial charge in [-0.25, -0.2) is 0 Å².